The van der Waals surface area contributed by atoms with Crippen LogP contribution in [0.25, 0.3) is 11.0 Å². The summed E-state index contributed by atoms with van der Waals surface area (Å²) in [5.74, 6) is 0.211. The normalized spacial score (nSPS) is 10.8. The first-order valence-electron chi connectivity index (χ1n) is 8.43. The average Bonchev–Trinajstić information content (AvgIpc) is 2.96. The molecule has 0 saturated heterocycles. The van der Waals surface area contributed by atoms with Gasteiger partial charge in [0.2, 0.25) is 0 Å². The van der Waals surface area contributed by atoms with Crippen molar-refractivity contribution in [3.8, 4) is 11.5 Å². The van der Waals surface area contributed by atoms with Crippen LogP contribution in [0.4, 0.5) is 10.1 Å². The van der Waals surface area contributed by atoms with E-state index in [9.17, 15) is 9.18 Å². The number of amides is 1. The van der Waals surface area contributed by atoms with Crippen LogP contribution in [-0.2, 0) is 0 Å². The fraction of sp³-hybridized carbons (Fsp3) is 0.250. The van der Waals surface area contributed by atoms with E-state index in [1.807, 2.05) is 13.8 Å². The summed E-state index contributed by atoms with van der Waals surface area (Å²) >= 11 is 0. The SMILES string of the molecule is CCOc1ccc(OCC)c(NC(=O)c2oc3c(F)cccc3c2C)c1. The molecule has 0 aliphatic carbocycles. The van der Waals surface area contributed by atoms with E-state index in [1.165, 1.54) is 6.07 Å². The summed E-state index contributed by atoms with van der Waals surface area (Å²) in [7, 11) is 0. The zero-order valence-corrected chi connectivity index (χ0v) is 14.9. The van der Waals surface area contributed by atoms with Gasteiger partial charge in [0.25, 0.3) is 5.91 Å². The molecule has 5 nitrogen and oxygen atoms in total. The molecule has 0 fully saturated rings. The molecule has 0 radical (unpaired) electrons. The summed E-state index contributed by atoms with van der Waals surface area (Å²) in [4.78, 5) is 12.7. The standard InChI is InChI=1S/C20H20FNO4/c1-4-24-13-9-10-17(25-5-2)16(11-13)22-20(23)18-12(3)14-7-6-8-15(21)19(14)26-18/h6-11H,4-5H2,1-3H3,(H,22,23). The Morgan fingerprint density at radius 1 is 1.15 bits per heavy atom. The molecule has 0 spiro atoms. The maximum absolute atomic E-state index is 13.9. The summed E-state index contributed by atoms with van der Waals surface area (Å²) in [6.07, 6.45) is 0. The lowest BCUT2D eigenvalue weighted by Gasteiger charge is -2.13. The minimum absolute atomic E-state index is 0.0642. The largest absolute Gasteiger partial charge is 0.494 e. The summed E-state index contributed by atoms with van der Waals surface area (Å²) in [6.45, 7) is 6.41. The van der Waals surface area contributed by atoms with Crippen LogP contribution >= 0.6 is 0 Å². The molecular formula is C20H20FNO4. The van der Waals surface area contributed by atoms with Gasteiger partial charge in [-0.2, -0.15) is 0 Å². The first kappa shape index (κ1) is 17.8. The molecule has 1 N–H and O–H groups in total. The van der Waals surface area contributed by atoms with E-state index in [2.05, 4.69) is 5.32 Å². The monoisotopic (exact) mass is 357 g/mol. The Morgan fingerprint density at radius 2 is 1.92 bits per heavy atom. The maximum Gasteiger partial charge on any atom is 0.291 e. The minimum Gasteiger partial charge on any atom is -0.494 e. The van der Waals surface area contributed by atoms with Crippen LogP contribution in [0.1, 0.15) is 30.0 Å². The van der Waals surface area contributed by atoms with Gasteiger partial charge in [0.15, 0.2) is 17.2 Å². The van der Waals surface area contributed by atoms with Gasteiger partial charge in [-0.05, 0) is 39.0 Å². The van der Waals surface area contributed by atoms with E-state index >= 15 is 0 Å². The Bertz CT molecular complexity index is 948. The number of hydrogen-bond donors (Lipinski definition) is 1. The van der Waals surface area contributed by atoms with E-state index in [0.717, 1.165) is 0 Å². The molecule has 3 rings (SSSR count). The Hall–Kier alpha value is -3.02. The maximum atomic E-state index is 13.9. The van der Waals surface area contributed by atoms with E-state index in [1.54, 1.807) is 37.3 Å². The molecule has 1 aromatic heterocycles. The number of benzene rings is 2. The predicted molar refractivity (Wildman–Crippen MR) is 97.6 cm³/mol. The van der Waals surface area contributed by atoms with Crippen LogP contribution in [0.3, 0.4) is 0 Å². The number of halogens is 1. The van der Waals surface area contributed by atoms with Gasteiger partial charge < -0.3 is 19.2 Å². The number of carbonyl (C=O) groups is 1. The Kier molecular flexibility index (Phi) is 5.11. The van der Waals surface area contributed by atoms with E-state index < -0.39 is 11.7 Å². The quantitative estimate of drug-likeness (QED) is 0.679. The van der Waals surface area contributed by atoms with Crippen molar-refractivity contribution in [2.75, 3.05) is 18.5 Å². The fourth-order valence-electron chi connectivity index (χ4n) is 2.75. The third-order valence-electron chi connectivity index (χ3n) is 3.93. The number of fused-ring (bicyclic) bond motifs is 1. The Balaban J connectivity index is 1.96. The zero-order chi connectivity index (χ0) is 18.7. The molecule has 0 unspecified atom stereocenters. The zero-order valence-electron chi connectivity index (χ0n) is 14.9. The van der Waals surface area contributed by atoms with Gasteiger partial charge in [-0.25, -0.2) is 4.39 Å². The van der Waals surface area contributed by atoms with Crippen molar-refractivity contribution in [2.24, 2.45) is 0 Å². The molecule has 1 heterocycles. The summed E-state index contributed by atoms with van der Waals surface area (Å²) in [6, 6.07) is 9.79. The first-order valence-corrected chi connectivity index (χ1v) is 8.43. The summed E-state index contributed by atoms with van der Waals surface area (Å²) in [5.41, 5.74) is 1.11. The number of hydrogen-bond acceptors (Lipinski definition) is 4. The lowest BCUT2D eigenvalue weighted by molar-refractivity contribution is 0.0997. The van der Waals surface area contributed by atoms with Crippen molar-refractivity contribution in [3.63, 3.8) is 0 Å². The fourth-order valence-corrected chi connectivity index (χ4v) is 2.75. The van der Waals surface area contributed by atoms with Crippen LogP contribution in [-0.4, -0.2) is 19.1 Å². The van der Waals surface area contributed by atoms with Crippen molar-refractivity contribution < 1.29 is 23.1 Å². The minimum atomic E-state index is -0.502. The highest BCUT2D eigenvalue weighted by Crippen LogP contribution is 2.32. The summed E-state index contributed by atoms with van der Waals surface area (Å²) < 4.78 is 30.4. The number of rotatable bonds is 6. The van der Waals surface area contributed by atoms with Crippen molar-refractivity contribution >= 4 is 22.6 Å². The number of anilines is 1. The highest BCUT2D eigenvalue weighted by molar-refractivity contribution is 6.07. The number of furan rings is 1. The molecule has 0 aliphatic rings. The highest BCUT2D eigenvalue weighted by atomic mass is 19.1. The number of para-hydroxylation sites is 1. The van der Waals surface area contributed by atoms with Crippen molar-refractivity contribution in [1.29, 1.82) is 0 Å². The molecular weight excluding hydrogens is 337 g/mol. The second-order valence-corrected chi connectivity index (χ2v) is 5.65. The highest BCUT2D eigenvalue weighted by Gasteiger charge is 2.21. The molecule has 0 atom stereocenters. The van der Waals surface area contributed by atoms with Crippen LogP contribution in [0.5, 0.6) is 11.5 Å². The van der Waals surface area contributed by atoms with Gasteiger partial charge in [-0.3, -0.25) is 4.79 Å². The molecule has 136 valence electrons. The van der Waals surface area contributed by atoms with Crippen LogP contribution in [0.2, 0.25) is 0 Å². The van der Waals surface area contributed by atoms with E-state index in [-0.39, 0.29) is 11.3 Å². The number of nitrogens with one attached hydrogen (secondary N) is 1. The molecule has 6 heteroatoms. The predicted octanol–water partition coefficient (Wildman–Crippen LogP) is 4.93. The topological polar surface area (TPSA) is 60.7 Å². The second kappa shape index (κ2) is 7.47. The lowest BCUT2D eigenvalue weighted by Crippen LogP contribution is -2.13. The van der Waals surface area contributed by atoms with Gasteiger partial charge in [-0.1, -0.05) is 12.1 Å². The molecule has 0 saturated carbocycles. The van der Waals surface area contributed by atoms with Crippen molar-refractivity contribution in [3.05, 3.63) is 53.5 Å². The number of aryl methyl sites for hydroxylation is 1. The second-order valence-electron chi connectivity index (χ2n) is 5.65. The lowest BCUT2D eigenvalue weighted by atomic mass is 10.1. The number of carbonyl (C=O) groups excluding carboxylic acids is 1. The van der Waals surface area contributed by atoms with E-state index in [0.29, 0.717) is 41.3 Å². The third kappa shape index (κ3) is 3.35. The molecule has 3 aromatic rings. The van der Waals surface area contributed by atoms with Crippen molar-refractivity contribution in [1.82, 2.24) is 0 Å². The molecule has 26 heavy (non-hydrogen) atoms. The average molecular weight is 357 g/mol. The van der Waals surface area contributed by atoms with E-state index in [4.69, 9.17) is 13.9 Å². The Morgan fingerprint density at radius 3 is 2.62 bits per heavy atom. The third-order valence-corrected chi connectivity index (χ3v) is 3.93. The Labute approximate surface area is 150 Å². The number of ether oxygens (including phenoxy) is 2. The smallest absolute Gasteiger partial charge is 0.291 e. The van der Waals surface area contributed by atoms with Gasteiger partial charge in [0.05, 0.1) is 18.9 Å². The van der Waals surface area contributed by atoms with Gasteiger partial charge in [0.1, 0.15) is 11.5 Å². The first-order chi connectivity index (χ1) is 12.5. The molecule has 0 aliphatic heterocycles. The van der Waals surface area contributed by atoms with Crippen LogP contribution in [0, 0.1) is 12.7 Å². The molecule has 0 bridgehead atoms. The molecule has 1 amide bonds. The van der Waals surface area contributed by atoms with Gasteiger partial charge >= 0.3 is 0 Å². The molecule has 2 aromatic carbocycles. The van der Waals surface area contributed by atoms with Gasteiger partial charge in [0, 0.05) is 17.0 Å². The van der Waals surface area contributed by atoms with Crippen LogP contribution in [0.15, 0.2) is 40.8 Å². The van der Waals surface area contributed by atoms with Gasteiger partial charge in [-0.15, -0.1) is 0 Å². The van der Waals surface area contributed by atoms with Crippen molar-refractivity contribution in [2.45, 2.75) is 20.8 Å². The summed E-state index contributed by atoms with van der Waals surface area (Å²) in [5, 5.41) is 3.34. The van der Waals surface area contributed by atoms with Crippen LogP contribution < -0.4 is 14.8 Å².